The van der Waals surface area contributed by atoms with Crippen LogP contribution in [0.1, 0.15) is 0 Å². The molecule has 0 atom stereocenters. The standard InChI is InChI=1S/C12H7ClINO3/c13-10-5-2-6-11(15(16)17)12(10)18-9-4-1-3-8(14)7-9/h1-7H. The van der Waals surface area contributed by atoms with Crippen LogP contribution in [0.2, 0.25) is 5.02 Å². The lowest BCUT2D eigenvalue weighted by Crippen LogP contribution is -1.94. The molecule has 0 unspecified atom stereocenters. The average Bonchev–Trinajstić information content (AvgIpc) is 2.31. The molecule has 0 bridgehead atoms. The Morgan fingerprint density at radius 1 is 1.22 bits per heavy atom. The first-order valence-corrected chi connectivity index (χ1v) is 6.40. The van der Waals surface area contributed by atoms with Crippen molar-refractivity contribution in [3.05, 3.63) is 61.2 Å². The van der Waals surface area contributed by atoms with E-state index >= 15 is 0 Å². The highest BCUT2D eigenvalue weighted by Crippen LogP contribution is 2.37. The summed E-state index contributed by atoms with van der Waals surface area (Å²) in [6.45, 7) is 0. The summed E-state index contributed by atoms with van der Waals surface area (Å²) in [6.07, 6.45) is 0. The molecule has 6 heteroatoms. The fourth-order valence-corrected chi connectivity index (χ4v) is 2.11. The van der Waals surface area contributed by atoms with Crippen molar-refractivity contribution in [1.29, 1.82) is 0 Å². The summed E-state index contributed by atoms with van der Waals surface area (Å²) in [7, 11) is 0. The third-order valence-electron chi connectivity index (χ3n) is 2.16. The predicted octanol–water partition coefficient (Wildman–Crippen LogP) is 4.65. The van der Waals surface area contributed by atoms with Crippen LogP contribution in [0.3, 0.4) is 0 Å². The molecule has 0 radical (unpaired) electrons. The van der Waals surface area contributed by atoms with Gasteiger partial charge in [0, 0.05) is 9.64 Å². The maximum atomic E-state index is 10.9. The maximum Gasteiger partial charge on any atom is 0.313 e. The van der Waals surface area contributed by atoms with Gasteiger partial charge in [0.1, 0.15) is 5.75 Å². The van der Waals surface area contributed by atoms with E-state index in [1.165, 1.54) is 12.1 Å². The van der Waals surface area contributed by atoms with Gasteiger partial charge in [-0.1, -0.05) is 23.7 Å². The number of hydrogen-bond acceptors (Lipinski definition) is 3. The molecule has 2 aromatic rings. The number of rotatable bonds is 3. The summed E-state index contributed by atoms with van der Waals surface area (Å²) in [5.74, 6) is 0.573. The van der Waals surface area contributed by atoms with Crippen LogP contribution in [0.15, 0.2) is 42.5 Å². The summed E-state index contributed by atoms with van der Waals surface area (Å²) in [4.78, 5) is 10.4. The van der Waals surface area contributed by atoms with Gasteiger partial charge in [0.05, 0.1) is 9.95 Å². The fourth-order valence-electron chi connectivity index (χ4n) is 1.39. The van der Waals surface area contributed by atoms with Gasteiger partial charge in [-0.2, -0.15) is 0 Å². The van der Waals surface area contributed by atoms with Gasteiger partial charge in [-0.3, -0.25) is 10.1 Å². The largest absolute Gasteiger partial charge is 0.448 e. The van der Waals surface area contributed by atoms with E-state index in [1.807, 2.05) is 6.07 Å². The Morgan fingerprint density at radius 2 is 1.94 bits per heavy atom. The monoisotopic (exact) mass is 375 g/mol. The van der Waals surface area contributed by atoms with Crippen LogP contribution in [0.25, 0.3) is 0 Å². The first kappa shape index (κ1) is 13.1. The van der Waals surface area contributed by atoms with Gasteiger partial charge < -0.3 is 4.74 Å². The highest BCUT2D eigenvalue weighted by atomic mass is 127. The van der Waals surface area contributed by atoms with E-state index in [4.69, 9.17) is 16.3 Å². The van der Waals surface area contributed by atoms with Crippen LogP contribution < -0.4 is 4.74 Å². The Morgan fingerprint density at radius 3 is 2.61 bits per heavy atom. The highest BCUT2D eigenvalue weighted by molar-refractivity contribution is 14.1. The number of nitrogens with zero attached hydrogens (tertiary/aromatic N) is 1. The summed E-state index contributed by atoms with van der Waals surface area (Å²) in [5.41, 5.74) is -0.152. The summed E-state index contributed by atoms with van der Waals surface area (Å²) in [6, 6.07) is 11.6. The van der Waals surface area contributed by atoms with E-state index in [2.05, 4.69) is 22.6 Å². The van der Waals surface area contributed by atoms with Gasteiger partial charge in [-0.15, -0.1) is 0 Å². The number of nitro groups is 1. The summed E-state index contributed by atoms with van der Waals surface area (Å²) < 4.78 is 6.48. The number of para-hydroxylation sites is 1. The van der Waals surface area contributed by atoms with E-state index in [1.54, 1.807) is 24.3 Å². The number of nitro benzene ring substituents is 1. The van der Waals surface area contributed by atoms with Crippen molar-refractivity contribution in [3.63, 3.8) is 0 Å². The predicted molar refractivity (Wildman–Crippen MR) is 77.3 cm³/mol. The van der Waals surface area contributed by atoms with Crippen LogP contribution in [0, 0.1) is 13.7 Å². The van der Waals surface area contributed by atoms with Gasteiger partial charge in [0.15, 0.2) is 0 Å². The molecule has 0 fully saturated rings. The van der Waals surface area contributed by atoms with Crippen molar-refractivity contribution < 1.29 is 9.66 Å². The minimum absolute atomic E-state index is 0.0613. The summed E-state index contributed by atoms with van der Waals surface area (Å²) in [5, 5.41) is 11.1. The summed E-state index contributed by atoms with van der Waals surface area (Å²) >= 11 is 8.06. The molecule has 4 nitrogen and oxygen atoms in total. The van der Waals surface area contributed by atoms with Crippen LogP contribution in [0.4, 0.5) is 5.69 Å². The van der Waals surface area contributed by atoms with Crippen LogP contribution in [-0.2, 0) is 0 Å². The van der Waals surface area contributed by atoms with Crippen molar-refractivity contribution >= 4 is 39.9 Å². The molecule has 0 N–H and O–H groups in total. The highest BCUT2D eigenvalue weighted by Gasteiger charge is 2.18. The number of benzene rings is 2. The van der Waals surface area contributed by atoms with E-state index < -0.39 is 4.92 Å². The molecule has 92 valence electrons. The quantitative estimate of drug-likeness (QED) is 0.446. The number of ether oxygens (including phenoxy) is 1. The van der Waals surface area contributed by atoms with Crippen molar-refractivity contribution in [2.45, 2.75) is 0 Å². The smallest absolute Gasteiger partial charge is 0.313 e. The molecule has 0 amide bonds. The van der Waals surface area contributed by atoms with Crippen molar-refractivity contribution in [3.8, 4) is 11.5 Å². The van der Waals surface area contributed by atoms with E-state index in [-0.39, 0.29) is 16.5 Å². The second kappa shape index (κ2) is 5.53. The molecule has 0 saturated carbocycles. The molecular weight excluding hydrogens is 368 g/mol. The van der Waals surface area contributed by atoms with Gasteiger partial charge in [-0.25, -0.2) is 0 Å². The Labute approximate surface area is 122 Å². The molecular formula is C12H7ClINO3. The van der Waals surface area contributed by atoms with Crippen LogP contribution in [-0.4, -0.2) is 4.92 Å². The van der Waals surface area contributed by atoms with Gasteiger partial charge in [0.25, 0.3) is 0 Å². The molecule has 0 aliphatic heterocycles. The molecule has 0 spiro atoms. The van der Waals surface area contributed by atoms with Crippen molar-refractivity contribution in [2.24, 2.45) is 0 Å². The lowest BCUT2D eigenvalue weighted by molar-refractivity contribution is -0.385. The Hall–Kier alpha value is -1.34. The second-order valence-corrected chi connectivity index (χ2v) is 5.06. The van der Waals surface area contributed by atoms with Gasteiger partial charge >= 0.3 is 5.69 Å². The minimum atomic E-state index is -0.519. The molecule has 0 aliphatic rings. The van der Waals surface area contributed by atoms with Gasteiger partial charge in [0.2, 0.25) is 5.75 Å². The third-order valence-corrected chi connectivity index (χ3v) is 3.13. The Bertz CT molecular complexity index is 604. The normalized spacial score (nSPS) is 10.1. The molecule has 18 heavy (non-hydrogen) atoms. The molecule has 0 heterocycles. The SMILES string of the molecule is O=[N+]([O-])c1cccc(Cl)c1Oc1cccc(I)c1. The number of halogens is 2. The Balaban J connectivity index is 2.42. The zero-order valence-corrected chi connectivity index (χ0v) is 11.9. The zero-order chi connectivity index (χ0) is 13.1. The molecule has 0 saturated heterocycles. The van der Waals surface area contributed by atoms with E-state index in [0.717, 1.165) is 3.57 Å². The lowest BCUT2D eigenvalue weighted by Gasteiger charge is -2.08. The Kier molecular flexibility index (Phi) is 4.03. The topological polar surface area (TPSA) is 52.4 Å². The van der Waals surface area contributed by atoms with Crippen molar-refractivity contribution in [1.82, 2.24) is 0 Å². The fraction of sp³-hybridized carbons (Fsp3) is 0. The van der Waals surface area contributed by atoms with Gasteiger partial charge in [-0.05, 0) is 46.9 Å². The average molecular weight is 376 g/mol. The van der Waals surface area contributed by atoms with E-state index in [9.17, 15) is 10.1 Å². The maximum absolute atomic E-state index is 10.9. The molecule has 0 aliphatic carbocycles. The zero-order valence-electron chi connectivity index (χ0n) is 8.97. The van der Waals surface area contributed by atoms with E-state index in [0.29, 0.717) is 5.75 Å². The third kappa shape index (κ3) is 2.91. The first-order valence-electron chi connectivity index (χ1n) is 4.94. The molecule has 2 rings (SSSR count). The number of hydrogen-bond donors (Lipinski definition) is 0. The lowest BCUT2D eigenvalue weighted by atomic mass is 10.3. The molecule has 0 aromatic heterocycles. The first-order chi connectivity index (χ1) is 8.58. The van der Waals surface area contributed by atoms with Crippen LogP contribution >= 0.6 is 34.2 Å². The second-order valence-electron chi connectivity index (χ2n) is 3.40. The molecule has 2 aromatic carbocycles. The minimum Gasteiger partial charge on any atom is -0.448 e. The van der Waals surface area contributed by atoms with Crippen molar-refractivity contribution in [2.75, 3.05) is 0 Å². The van der Waals surface area contributed by atoms with Crippen LogP contribution in [0.5, 0.6) is 11.5 Å².